The molecule has 2 aliphatic heterocycles. The van der Waals surface area contributed by atoms with Crippen LogP contribution in [-0.2, 0) is 29.3 Å². The Balaban J connectivity index is 0.00000320. The molecule has 0 fully saturated rings. The van der Waals surface area contributed by atoms with Crippen molar-refractivity contribution in [3.05, 3.63) is 69.3 Å². The van der Waals surface area contributed by atoms with Gasteiger partial charge in [-0.05, 0) is 81.7 Å². The molecule has 0 atom stereocenters. The molecule has 37 heavy (non-hydrogen) atoms. The molecule has 3 aromatic rings. The molecule has 5 heterocycles. The average Bonchev–Trinajstić information content (AvgIpc) is 3.51. The molecule has 0 saturated carbocycles. The van der Waals surface area contributed by atoms with Gasteiger partial charge in [-0.15, -0.1) is 22.1 Å². The van der Waals surface area contributed by atoms with Crippen molar-refractivity contribution in [3.63, 3.8) is 0 Å². The van der Waals surface area contributed by atoms with E-state index in [1.54, 1.807) is 0 Å². The van der Waals surface area contributed by atoms with E-state index in [9.17, 15) is 0 Å². The normalized spacial score (nSPS) is 13.4. The number of nitrogens with zero attached hydrogens (tertiary/aromatic N) is 4. The third-order valence-electron chi connectivity index (χ3n) is 8.06. The minimum Gasteiger partial charge on any atom is -0.657 e. The number of aromatic nitrogens is 4. The first kappa shape index (κ1) is 27.1. The van der Waals surface area contributed by atoms with Gasteiger partial charge < -0.3 is 9.97 Å². The quantitative estimate of drug-likeness (QED) is 0.318. The Morgan fingerprint density at radius 2 is 0.919 bits per heavy atom. The summed E-state index contributed by atoms with van der Waals surface area (Å²) in [5, 5.41) is 0. The van der Waals surface area contributed by atoms with Crippen molar-refractivity contribution in [2.24, 2.45) is 0 Å². The second kappa shape index (κ2) is 10.5. The van der Waals surface area contributed by atoms with E-state index in [-0.39, 0.29) is 16.5 Å². The summed E-state index contributed by atoms with van der Waals surface area (Å²) in [5.74, 6) is 0. The Hall–Kier alpha value is -2.91. The van der Waals surface area contributed by atoms with Crippen LogP contribution in [0.4, 0.5) is 0 Å². The first-order chi connectivity index (χ1) is 17.3. The van der Waals surface area contributed by atoms with Gasteiger partial charge in [0.25, 0.3) is 0 Å². The number of aryl methyl sites for hydroxylation is 4. The van der Waals surface area contributed by atoms with Gasteiger partial charge in [0.2, 0.25) is 0 Å². The van der Waals surface area contributed by atoms with E-state index in [0.29, 0.717) is 0 Å². The van der Waals surface area contributed by atoms with Crippen LogP contribution in [0.3, 0.4) is 0 Å². The number of hydrogen-bond acceptors (Lipinski definition) is 2. The molecule has 194 valence electrons. The predicted molar refractivity (Wildman–Crippen MR) is 153 cm³/mol. The van der Waals surface area contributed by atoms with Crippen LogP contribution in [0, 0.1) is 13.8 Å². The molecule has 2 aliphatic rings. The Morgan fingerprint density at radius 1 is 0.514 bits per heavy atom. The molecule has 0 amide bonds. The minimum atomic E-state index is 0. The second-order valence-electron chi connectivity index (χ2n) is 9.93. The monoisotopic (exact) mass is 534 g/mol. The van der Waals surface area contributed by atoms with E-state index in [0.717, 1.165) is 70.5 Å². The number of hydrogen-bond donors (Lipinski definition) is 0. The first-order valence-corrected chi connectivity index (χ1v) is 13.3. The van der Waals surface area contributed by atoms with Gasteiger partial charge in [-0.2, -0.15) is 0 Å². The Kier molecular flexibility index (Phi) is 7.67. The molecule has 5 rings (SSSR count). The van der Waals surface area contributed by atoms with Crippen LogP contribution in [0.5, 0.6) is 0 Å². The molecule has 0 saturated heterocycles. The third kappa shape index (κ3) is 4.42. The molecule has 0 spiro atoms. The second-order valence-corrected chi connectivity index (χ2v) is 9.93. The van der Waals surface area contributed by atoms with Crippen LogP contribution >= 0.6 is 0 Å². The van der Waals surface area contributed by atoms with Crippen molar-refractivity contribution < 1.29 is 16.5 Å². The smallest absolute Gasteiger partial charge is 0.657 e. The summed E-state index contributed by atoms with van der Waals surface area (Å²) >= 11 is 0. The Morgan fingerprint density at radius 3 is 1.41 bits per heavy atom. The zero-order valence-corrected chi connectivity index (χ0v) is 24.2. The number of allylic oxidation sites excluding steroid dienone is 4. The summed E-state index contributed by atoms with van der Waals surface area (Å²) in [6, 6.07) is 8.72. The van der Waals surface area contributed by atoms with E-state index in [1.165, 1.54) is 44.5 Å². The standard InChI is InChI=1S/C32H36N4.Ni/c1-9-21-17(5)25-14-30-23(11-3)19(7)27(35-30)16-32-24(12-4)20(8)28(36-32)15-31-22(10-2)18(6)26(34-31)13-29(21)33-25;/h13-16H,9-12H2,1-8H3;/q-2;+2. The summed E-state index contributed by atoms with van der Waals surface area (Å²) < 4.78 is 0. The molecule has 0 unspecified atom stereocenters. The molecule has 8 bridgehead atoms. The van der Waals surface area contributed by atoms with Crippen LogP contribution in [0.15, 0.2) is 24.3 Å². The maximum Gasteiger partial charge on any atom is 2.00 e. The molecule has 0 radical (unpaired) electrons. The molecule has 0 aromatic carbocycles. The van der Waals surface area contributed by atoms with Crippen molar-refractivity contribution >= 4 is 44.4 Å². The minimum absolute atomic E-state index is 0. The van der Waals surface area contributed by atoms with E-state index in [2.05, 4.69) is 79.7 Å². The average molecular weight is 535 g/mol. The van der Waals surface area contributed by atoms with Gasteiger partial charge in [0, 0.05) is 0 Å². The van der Waals surface area contributed by atoms with Crippen LogP contribution < -0.4 is 9.97 Å². The largest absolute Gasteiger partial charge is 2.00 e. The Bertz CT molecular complexity index is 1610. The molecular weight excluding hydrogens is 499 g/mol. The van der Waals surface area contributed by atoms with Gasteiger partial charge >= 0.3 is 16.5 Å². The van der Waals surface area contributed by atoms with Crippen molar-refractivity contribution in [3.8, 4) is 0 Å². The predicted octanol–water partition coefficient (Wildman–Crippen LogP) is 7.99. The summed E-state index contributed by atoms with van der Waals surface area (Å²) in [5.41, 5.74) is 18.2. The maximum absolute atomic E-state index is 5.11. The van der Waals surface area contributed by atoms with Crippen molar-refractivity contribution in [2.75, 3.05) is 0 Å². The summed E-state index contributed by atoms with van der Waals surface area (Å²) in [6.45, 7) is 17.6. The first-order valence-electron chi connectivity index (χ1n) is 13.3. The van der Waals surface area contributed by atoms with E-state index in [1.807, 2.05) is 0 Å². The van der Waals surface area contributed by atoms with Crippen LogP contribution in [-0.4, -0.2) is 9.97 Å². The zero-order valence-electron chi connectivity index (χ0n) is 23.2. The van der Waals surface area contributed by atoms with Crippen molar-refractivity contribution in [1.82, 2.24) is 19.9 Å². The van der Waals surface area contributed by atoms with Gasteiger partial charge in [-0.25, -0.2) is 9.97 Å². The zero-order chi connectivity index (χ0) is 25.7. The fourth-order valence-electron chi connectivity index (χ4n) is 5.85. The van der Waals surface area contributed by atoms with Gasteiger partial charge in [-0.1, -0.05) is 68.1 Å². The summed E-state index contributed by atoms with van der Waals surface area (Å²) in [7, 11) is 0. The van der Waals surface area contributed by atoms with Crippen molar-refractivity contribution in [1.29, 1.82) is 0 Å². The fourth-order valence-corrected chi connectivity index (χ4v) is 5.85. The summed E-state index contributed by atoms with van der Waals surface area (Å²) in [4.78, 5) is 20.4. The Labute approximate surface area is 230 Å². The number of rotatable bonds is 4. The van der Waals surface area contributed by atoms with Crippen LogP contribution in [0.25, 0.3) is 44.4 Å². The molecule has 3 aromatic heterocycles. The topological polar surface area (TPSA) is 54.0 Å². The van der Waals surface area contributed by atoms with Crippen LogP contribution in [0.1, 0.15) is 99.4 Å². The maximum atomic E-state index is 5.11. The summed E-state index contributed by atoms with van der Waals surface area (Å²) in [6.07, 6.45) is 3.74. The van der Waals surface area contributed by atoms with Gasteiger partial charge in [0.15, 0.2) is 0 Å². The van der Waals surface area contributed by atoms with E-state index in [4.69, 9.17) is 19.9 Å². The molecule has 0 N–H and O–H groups in total. The molecule has 4 nitrogen and oxygen atoms in total. The van der Waals surface area contributed by atoms with Gasteiger partial charge in [0.1, 0.15) is 0 Å². The molecule has 0 aliphatic carbocycles. The van der Waals surface area contributed by atoms with Crippen molar-refractivity contribution in [2.45, 2.75) is 81.1 Å². The SMILES string of the molecule is CCC1=C(C)c2cc3[n-]c(cc4[n-]c(cc5nc(cc1n2)C(C)=C5CC)c(C)c4CC)c(C)c3CC.[Ni+2]. The van der Waals surface area contributed by atoms with E-state index < -0.39 is 0 Å². The third-order valence-corrected chi connectivity index (χ3v) is 8.06. The van der Waals surface area contributed by atoms with E-state index >= 15 is 0 Å². The molecular formula is C32H36N4Ni. The van der Waals surface area contributed by atoms with Gasteiger partial charge in [-0.3, -0.25) is 0 Å². The fraction of sp³-hybridized carbons (Fsp3) is 0.375. The molecule has 5 heteroatoms. The van der Waals surface area contributed by atoms with Crippen LogP contribution in [0.2, 0.25) is 0 Å². The van der Waals surface area contributed by atoms with Gasteiger partial charge in [0.05, 0.1) is 22.8 Å². The number of fused-ring (bicyclic) bond motifs is 8.